The minimum absolute atomic E-state index is 1.05. The van der Waals surface area contributed by atoms with Crippen LogP contribution in [-0.2, 0) is 6.42 Å². The predicted octanol–water partition coefficient (Wildman–Crippen LogP) is 5.10. The van der Waals surface area contributed by atoms with Crippen LogP contribution in [0.15, 0.2) is 33.2 Å². The highest BCUT2D eigenvalue weighted by atomic mass is 79.9. The topological polar surface area (TPSA) is 12.9 Å². The molecule has 1 nitrogen and oxygen atoms in total. The lowest BCUT2D eigenvalue weighted by atomic mass is 10.1. The Hall–Kier alpha value is -0.410. The Bertz CT molecular complexity index is 509. The molecule has 1 aromatic heterocycles. The molecule has 1 aromatic carbocycles. The molecule has 0 fully saturated rings. The van der Waals surface area contributed by atoms with Crippen molar-refractivity contribution < 1.29 is 0 Å². The molecule has 0 atom stereocenters. The number of benzene rings is 1. The zero-order valence-corrected chi connectivity index (χ0v) is 12.3. The lowest BCUT2D eigenvalue weighted by Crippen LogP contribution is -1.91. The van der Waals surface area contributed by atoms with Gasteiger partial charge in [-0.05, 0) is 47.0 Å². The van der Waals surface area contributed by atoms with Gasteiger partial charge in [0, 0.05) is 20.0 Å². The van der Waals surface area contributed by atoms with Crippen LogP contribution in [0.2, 0.25) is 0 Å². The molecule has 0 aliphatic heterocycles. The van der Waals surface area contributed by atoms with Crippen LogP contribution >= 0.6 is 31.9 Å². The second kappa shape index (κ2) is 5.28. The Kier molecular flexibility index (Phi) is 3.98. The summed E-state index contributed by atoms with van der Waals surface area (Å²) in [5.41, 5.74) is 2.23. The van der Waals surface area contributed by atoms with Gasteiger partial charge in [0.25, 0.3) is 0 Å². The van der Waals surface area contributed by atoms with E-state index in [0.29, 0.717) is 0 Å². The molecule has 0 radical (unpaired) electrons. The zero-order chi connectivity index (χ0) is 11.5. The van der Waals surface area contributed by atoms with Crippen molar-refractivity contribution in [1.29, 1.82) is 0 Å². The molecule has 1 heterocycles. The molecule has 2 rings (SSSR count). The predicted molar refractivity (Wildman–Crippen MR) is 75.8 cm³/mol. The van der Waals surface area contributed by atoms with Crippen molar-refractivity contribution in [2.75, 3.05) is 0 Å². The first kappa shape index (κ1) is 12.1. The van der Waals surface area contributed by atoms with Crippen molar-refractivity contribution in [3.05, 3.63) is 38.9 Å². The van der Waals surface area contributed by atoms with E-state index >= 15 is 0 Å². The number of rotatable bonds is 3. The Morgan fingerprint density at radius 2 is 2.00 bits per heavy atom. The molecular weight excluding hydrogens is 330 g/mol. The first-order valence-electron chi connectivity index (χ1n) is 5.45. The molecule has 0 amide bonds. The van der Waals surface area contributed by atoms with Gasteiger partial charge in [-0.15, -0.1) is 0 Å². The number of fused-ring (bicyclic) bond motifs is 1. The summed E-state index contributed by atoms with van der Waals surface area (Å²) in [6.07, 6.45) is 3.48. The largest absolute Gasteiger partial charge is 0.252 e. The van der Waals surface area contributed by atoms with Crippen molar-refractivity contribution in [3.8, 4) is 0 Å². The summed E-state index contributed by atoms with van der Waals surface area (Å²) >= 11 is 7.04. The Morgan fingerprint density at radius 3 is 2.75 bits per heavy atom. The molecule has 84 valence electrons. The summed E-state index contributed by atoms with van der Waals surface area (Å²) in [5, 5.41) is 1.17. The van der Waals surface area contributed by atoms with E-state index in [4.69, 9.17) is 0 Å². The third-order valence-corrected chi connectivity index (χ3v) is 3.62. The van der Waals surface area contributed by atoms with Crippen LogP contribution in [0, 0.1) is 0 Å². The van der Waals surface area contributed by atoms with Gasteiger partial charge in [0.05, 0.1) is 5.52 Å². The second-order valence-electron chi connectivity index (χ2n) is 3.87. The van der Waals surface area contributed by atoms with E-state index in [1.165, 1.54) is 23.9 Å². The Morgan fingerprint density at radius 1 is 1.19 bits per heavy atom. The number of nitrogens with zero attached hydrogens (tertiary/aromatic N) is 1. The standard InChI is InChI=1S/C13H13Br2N/c1-2-3-4-11-6-5-9-7-10(14)8-12(15)13(9)16-11/h5-8H,2-4H2,1H3. The highest BCUT2D eigenvalue weighted by molar-refractivity contribution is 9.11. The number of aromatic nitrogens is 1. The van der Waals surface area contributed by atoms with Crippen molar-refractivity contribution >= 4 is 42.8 Å². The molecule has 0 spiro atoms. The van der Waals surface area contributed by atoms with Gasteiger partial charge in [-0.2, -0.15) is 0 Å². The van der Waals surface area contributed by atoms with E-state index in [-0.39, 0.29) is 0 Å². The Labute approximate surface area is 113 Å². The van der Waals surface area contributed by atoms with Crippen LogP contribution in [0.5, 0.6) is 0 Å². The second-order valence-corrected chi connectivity index (χ2v) is 5.64. The van der Waals surface area contributed by atoms with Gasteiger partial charge in [0.2, 0.25) is 0 Å². The van der Waals surface area contributed by atoms with Crippen molar-refractivity contribution in [1.82, 2.24) is 4.98 Å². The van der Waals surface area contributed by atoms with Crippen LogP contribution in [-0.4, -0.2) is 4.98 Å². The molecule has 0 saturated heterocycles. The quantitative estimate of drug-likeness (QED) is 0.755. The smallest absolute Gasteiger partial charge is 0.0848 e. The fourth-order valence-corrected chi connectivity index (χ4v) is 3.04. The zero-order valence-electron chi connectivity index (χ0n) is 9.13. The molecule has 0 aliphatic carbocycles. The molecule has 16 heavy (non-hydrogen) atoms. The van der Waals surface area contributed by atoms with Crippen LogP contribution < -0.4 is 0 Å². The summed E-state index contributed by atoms with van der Waals surface area (Å²) in [6.45, 7) is 2.20. The number of hydrogen-bond acceptors (Lipinski definition) is 1. The third-order valence-electron chi connectivity index (χ3n) is 2.55. The van der Waals surface area contributed by atoms with E-state index < -0.39 is 0 Å². The maximum absolute atomic E-state index is 4.69. The van der Waals surface area contributed by atoms with Crippen molar-refractivity contribution in [3.63, 3.8) is 0 Å². The normalized spacial score (nSPS) is 10.9. The van der Waals surface area contributed by atoms with Gasteiger partial charge in [0.1, 0.15) is 0 Å². The highest BCUT2D eigenvalue weighted by Gasteiger charge is 2.03. The summed E-state index contributed by atoms with van der Waals surface area (Å²) < 4.78 is 2.13. The lowest BCUT2D eigenvalue weighted by Gasteiger charge is -2.04. The first-order chi connectivity index (χ1) is 7.70. The van der Waals surface area contributed by atoms with E-state index in [2.05, 4.69) is 62.0 Å². The lowest BCUT2D eigenvalue weighted by molar-refractivity contribution is 0.780. The monoisotopic (exact) mass is 341 g/mol. The third kappa shape index (κ3) is 2.64. The van der Waals surface area contributed by atoms with Crippen LogP contribution in [0.3, 0.4) is 0 Å². The minimum Gasteiger partial charge on any atom is -0.252 e. The van der Waals surface area contributed by atoms with E-state index in [1.807, 2.05) is 6.07 Å². The molecular formula is C13H13Br2N. The first-order valence-corrected chi connectivity index (χ1v) is 7.04. The number of halogens is 2. The average Bonchev–Trinajstić information content (AvgIpc) is 2.26. The Balaban J connectivity index is 2.45. The molecule has 0 N–H and O–H groups in total. The van der Waals surface area contributed by atoms with E-state index in [1.54, 1.807) is 0 Å². The maximum Gasteiger partial charge on any atom is 0.0848 e. The van der Waals surface area contributed by atoms with E-state index in [0.717, 1.165) is 20.9 Å². The van der Waals surface area contributed by atoms with Crippen LogP contribution in [0.25, 0.3) is 10.9 Å². The molecule has 2 aromatic rings. The molecule has 0 aliphatic rings. The molecule has 0 unspecified atom stereocenters. The number of hydrogen-bond donors (Lipinski definition) is 0. The van der Waals surface area contributed by atoms with Gasteiger partial charge in [-0.3, -0.25) is 4.98 Å². The molecule has 0 saturated carbocycles. The fraction of sp³-hybridized carbons (Fsp3) is 0.308. The van der Waals surface area contributed by atoms with Gasteiger partial charge < -0.3 is 0 Å². The maximum atomic E-state index is 4.69. The van der Waals surface area contributed by atoms with Gasteiger partial charge in [0.15, 0.2) is 0 Å². The molecule has 0 bridgehead atoms. The number of aryl methyl sites for hydroxylation is 1. The van der Waals surface area contributed by atoms with Gasteiger partial charge >= 0.3 is 0 Å². The van der Waals surface area contributed by atoms with E-state index in [9.17, 15) is 0 Å². The average molecular weight is 343 g/mol. The summed E-state index contributed by atoms with van der Waals surface area (Å²) in [5.74, 6) is 0. The summed E-state index contributed by atoms with van der Waals surface area (Å²) in [6, 6.07) is 8.40. The van der Waals surface area contributed by atoms with Gasteiger partial charge in [-0.25, -0.2) is 0 Å². The summed E-state index contributed by atoms with van der Waals surface area (Å²) in [4.78, 5) is 4.69. The van der Waals surface area contributed by atoms with Crippen LogP contribution in [0.4, 0.5) is 0 Å². The van der Waals surface area contributed by atoms with Crippen LogP contribution in [0.1, 0.15) is 25.5 Å². The summed E-state index contributed by atoms with van der Waals surface area (Å²) in [7, 11) is 0. The fourth-order valence-electron chi connectivity index (χ4n) is 1.69. The van der Waals surface area contributed by atoms with Gasteiger partial charge in [-0.1, -0.05) is 35.3 Å². The number of pyridine rings is 1. The number of unbranched alkanes of at least 4 members (excludes halogenated alkanes) is 1. The highest BCUT2D eigenvalue weighted by Crippen LogP contribution is 2.27. The van der Waals surface area contributed by atoms with Crippen molar-refractivity contribution in [2.45, 2.75) is 26.2 Å². The van der Waals surface area contributed by atoms with Crippen molar-refractivity contribution in [2.24, 2.45) is 0 Å². The minimum atomic E-state index is 1.05. The molecule has 3 heteroatoms. The SMILES string of the molecule is CCCCc1ccc2cc(Br)cc(Br)c2n1.